The minimum atomic E-state index is -1.31. The molecule has 0 spiro atoms. The summed E-state index contributed by atoms with van der Waals surface area (Å²) in [5, 5.41) is 37.7. The highest BCUT2D eigenvalue weighted by molar-refractivity contribution is 5.99. The zero-order chi connectivity index (χ0) is 15.3. The first-order chi connectivity index (χ1) is 9.52. The van der Waals surface area contributed by atoms with Gasteiger partial charge in [-0.15, -0.1) is 0 Å². The molecule has 0 saturated heterocycles. The Morgan fingerprint density at radius 1 is 0.850 bits per heavy atom. The molecule has 0 fully saturated rings. The molecule has 20 heavy (non-hydrogen) atoms. The number of aromatic hydroxyl groups is 3. The van der Waals surface area contributed by atoms with Gasteiger partial charge in [0.15, 0.2) is 11.5 Å². The lowest BCUT2D eigenvalue weighted by Gasteiger charge is -2.10. The maximum absolute atomic E-state index is 11.1. The molecule has 0 saturated carbocycles. The van der Waals surface area contributed by atoms with Gasteiger partial charge in [0.25, 0.3) is 0 Å². The molecule has 0 heterocycles. The largest absolute Gasteiger partial charge is 0.507 e. The minimum Gasteiger partial charge on any atom is -0.507 e. The fourth-order valence-electron chi connectivity index (χ4n) is 1.74. The van der Waals surface area contributed by atoms with Gasteiger partial charge >= 0.3 is 5.97 Å². The smallest absolute Gasteiger partial charge is 0.340 e. The SMILES string of the molecule is C=O.O=C(O)c1c(O)cccc1-c1cccc(O)c1O. The molecule has 0 aliphatic heterocycles. The van der Waals surface area contributed by atoms with Gasteiger partial charge in [-0.1, -0.05) is 24.3 Å². The second-order valence-electron chi connectivity index (χ2n) is 3.68. The molecule has 0 atom stereocenters. The fourth-order valence-corrected chi connectivity index (χ4v) is 1.74. The number of phenolic OH excluding ortho intramolecular Hbond substituents is 2. The van der Waals surface area contributed by atoms with Gasteiger partial charge in [0.1, 0.15) is 18.1 Å². The van der Waals surface area contributed by atoms with E-state index < -0.39 is 17.5 Å². The summed E-state index contributed by atoms with van der Waals surface area (Å²) in [4.78, 5) is 19.1. The summed E-state index contributed by atoms with van der Waals surface area (Å²) in [5.41, 5.74) is -0.0439. The van der Waals surface area contributed by atoms with Crippen molar-refractivity contribution in [3.05, 3.63) is 42.0 Å². The molecular formula is C14H12O6. The average molecular weight is 276 g/mol. The molecule has 6 heteroatoms. The van der Waals surface area contributed by atoms with Crippen molar-refractivity contribution in [3.63, 3.8) is 0 Å². The van der Waals surface area contributed by atoms with Crippen LogP contribution in [-0.4, -0.2) is 33.2 Å². The van der Waals surface area contributed by atoms with Crippen LogP contribution >= 0.6 is 0 Å². The van der Waals surface area contributed by atoms with Gasteiger partial charge in [-0.25, -0.2) is 4.79 Å². The van der Waals surface area contributed by atoms with E-state index in [1.165, 1.54) is 36.4 Å². The van der Waals surface area contributed by atoms with Gasteiger partial charge in [-0.3, -0.25) is 0 Å². The lowest BCUT2D eigenvalue weighted by Crippen LogP contribution is -2.00. The summed E-state index contributed by atoms with van der Waals surface area (Å²) < 4.78 is 0. The topological polar surface area (TPSA) is 115 Å². The number of carboxylic acids is 1. The molecule has 2 aromatic carbocycles. The summed E-state index contributed by atoms with van der Waals surface area (Å²) >= 11 is 0. The van der Waals surface area contributed by atoms with Gasteiger partial charge in [-0.05, 0) is 12.1 Å². The Kier molecular flexibility index (Phi) is 4.69. The van der Waals surface area contributed by atoms with Gasteiger partial charge in [0.2, 0.25) is 0 Å². The first kappa shape index (κ1) is 15.0. The lowest BCUT2D eigenvalue weighted by molar-refractivity contribution is -0.0980. The van der Waals surface area contributed by atoms with E-state index in [9.17, 15) is 20.1 Å². The fraction of sp³-hybridized carbons (Fsp3) is 0. The number of aromatic carboxylic acids is 1. The minimum absolute atomic E-state index is 0.135. The van der Waals surface area contributed by atoms with Crippen molar-refractivity contribution >= 4 is 12.8 Å². The van der Waals surface area contributed by atoms with Crippen LogP contribution in [0.2, 0.25) is 0 Å². The number of hydrogen-bond acceptors (Lipinski definition) is 5. The number of carbonyl (C=O) groups excluding carboxylic acids is 1. The third-order valence-corrected chi connectivity index (χ3v) is 2.56. The van der Waals surface area contributed by atoms with Crippen LogP contribution in [0.3, 0.4) is 0 Å². The van der Waals surface area contributed by atoms with Crippen molar-refractivity contribution in [1.82, 2.24) is 0 Å². The number of rotatable bonds is 2. The summed E-state index contributed by atoms with van der Waals surface area (Å²) in [6.07, 6.45) is 0. The van der Waals surface area contributed by atoms with Crippen molar-refractivity contribution in [1.29, 1.82) is 0 Å². The van der Waals surface area contributed by atoms with Crippen LogP contribution in [0.15, 0.2) is 36.4 Å². The molecule has 0 amide bonds. The molecule has 6 nitrogen and oxygen atoms in total. The Morgan fingerprint density at radius 3 is 1.90 bits per heavy atom. The Morgan fingerprint density at radius 2 is 1.35 bits per heavy atom. The highest BCUT2D eigenvalue weighted by atomic mass is 16.4. The van der Waals surface area contributed by atoms with Crippen molar-refractivity contribution < 1.29 is 30.0 Å². The first-order valence-corrected chi connectivity index (χ1v) is 5.38. The van der Waals surface area contributed by atoms with Crippen LogP contribution < -0.4 is 0 Å². The summed E-state index contributed by atoms with van der Waals surface area (Å²) in [6, 6.07) is 8.35. The van der Waals surface area contributed by atoms with E-state index in [0.717, 1.165) is 0 Å². The molecule has 0 radical (unpaired) electrons. The molecule has 2 rings (SSSR count). The zero-order valence-corrected chi connectivity index (χ0v) is 10.3. The van der Waals surface area contributed by atoms with E-state index in [1.807, 2.05) is 6.79 Å². The van der Waals surface area contributed by atoms with Crippen LogP contribution in [0.4, 0.5) is 0 Å². The summed E-state index contributed by atoms with van der Waals surface area (Å²) in [5.74, 6) is -2.49. The molecule has 0 aromatic heterocycles. The molecule has 4 N–H and O–H groups in total. The van der Waals surface area contributed by atoms with Crippen molar-refractivity contribution in [2.75, 3.05) is 0 Å². The Balaban J connectivity index is 0.000000956. The molecule has 104 valence electrons. The van der Waals surface area contributed by atoms with E-state index in [-0.39, 0.29) is 22.4 Å². The predicted octanol–water partition coefficient (Wildman–Crippen LogP) is 1.98. The number of phenols is 3. The number of carbonyl (C=O) groups is 2. The molecule has 2 aromatic rings. The van der Waals surface area contributed by atoms with Crippen LogP contribution in [0.1, 0.15) is 10.4 Å². The van der Waals surface area contributed by atoms with Crippen molar-refractivity contribution in [2.24, 2.45) is 0 Å². The highest BCUT2D eigenvalue weighted by Gasteiger charge is 2.19. The number of para-hydroxylation sites is 1. The van der Waals surface area contributed by atoms with Gasteiger partial charge in [0, 0.05) is 11.1 Å². The zero-order valence-electron chi connectivity index (χ0n) is 10.3. The molecule has 0 aliphatic carbocycles. The van der Waals surface area contributed by atoms with E-state index >= 15 is 0 Å². The van der Waals surface area contributed by atoms with Crippen molar-refractivity contribution in [3.8, 4) is 28.4 Å². The Hall–Kier alpha value is -3.02. The van der Waals surface area contributed by atoms with Gasteiger partial charge < -0.3 is 25.2 Å². The molecule has 0 bridgehead atoms. The standard InChI is InChI=1S/C13H10O5.CH2O/c14-9-5-1-3-7(11(9)13(17)18)8-4-2-6-10(15)12(8)16;1-2/h1-6,14-16H,(H,17,18);1H2. The second-order valence-corrected chi connectivity index (χ2v) is 3.68. The van der Waals surface area contributed by atoms with Crippen LogP contribution in [-0.2, 0) is 4.79 Å². The molecule has 0 aliphatic rings. The third-order valence-electron chi connectivity index (χ3n) is 2.56. The van der Waals surface area contributed by atoms with E-state index in [0.29, 0.717) is 0 Å². The first-order valence-electron chi connectivity index (χ1n) is 5.38. The van der Waals surface area contributed by atoms with Crippen LogP contribution in [0.5, 0.6) is 17.2 Å². The van der Waals surface area contributed by atoms with Crippen LogP contribution in [0.25, 0.3) is 11.1 Å². The average Bonchev–Trinajstić information content (AvgIpc) is 2.43. The van der Waals surface area contributed by atoms with Gasteiger partial charge in [0.05, 0.1) is 0 Å². The molecular weight excluding hydrogens is 264 g/mol. The highest BCUT2D eigenvalue weighted by Crippen LogP contribution is 2.39. The molecule has 0 unspecified atom stereocenters. The normalized spacial score (nSPS) is 9.40. The Labute approximate surface area is 114 Å². The summed E-state index contributed by atoms with van der Waals surface area (Å²) in [6.45, 7) is 2.00. The quantitative estimate of drug-likeness (QED) is 0.623. The number of carboxylic acid groups (broad SMARTS) is 1. The second kappa shape index (κ2) is 6.24. The Bertz CT molecular complexity index is 636. The summed E-state index contributed by atoms with van der Waals surface area (Å²) in [7, 11) is 0. The van der Waals surface area contributed by atoms with Crippen LogP contribution in [0, 0.1) is 0 Å². The monoisotopic (exact) mass is 276 g/mol. The maximum atomic E-state index is 11.1. The predicted molar refractivity (Wildman–Crippen MR) is 71.0 cm³/mol. The van der Waals surface area contributed by atoms with E-state index in [2.05, 4.69) is 0 Å². The van der Waals surface area contributed by atoms with Gasteiger partial charge in [-0.2, -0.15) is 0 Å². The third kappa shape index (κ3) is 2.69. The lowest BCUT2D eigenvalue weighted by atomic mass is 9.98. The van der Waals surface area contributed by atoms with E-state index in [4.69, 9.17) is 9.90 Å². The van der Waals surface area contributed by atoms with Crippen molar-refractivity contribution in [2.45, 2.75) is 0 Å². The number of benzene rings is 2. The maximum Gasteiger partial charge on any atom is 0.340 e. The number of hydrogen-bond donors (Lipinski definition) is 4. The van der Waals surface area contributed by atoms with E-state index in [1.54, 1.807) is 0 Å².